The van der Waals surface area contributed by atoms with Gasteiger partial charge in [0, 0.05) is 21.4 Å². The van der Waals surface area contributed by atoms with Crippen LogP contribution in [0.3, 0.4) is 0 Å². The lowest BCUT2D eigenvalue weighted by atomic mass is 10.2. The smallest absolute Gasteiger partial charge is 0.337 e. The molecule has 0 aliphatic rings. The molecule has 4 rings (SSSR count). The van der Waals surface area contributed by atoms with Crippen molar-refractivity contribution in [3.63, 3.8) is 0 Å². The number of rotatable bonds is 8. The average Bonchev–Trinajstić information content (AvgIpc) is 2.92. The molecule has 0 spiro atoms. The number of carboxylic acid groups (broad SMARTS) is 1. The summed E-state index contributed by atoms with van der Waals surface area (Å²) in [5.41, 5.74) is 2.45. The van der Waals surface area contributed by atoms with Gasteiger partial charge in [-0.2, -0.15) is 0 Å². The third kappa shape index (κ3) is 12.6. The SMILES string of the molecule is O=C(Cl)c1ccc(OCc2ccccc2)cc1Cl.O=C(O)c1ccc(OCc2ccccc2)cc1Cl.O=S(Cl)Cl. The van der Waals surface area contributed by atoms with Gasteiger partial charge in [0.05, 0.1) is 21.2 Å². The lowest BCUT2D eigenvalue weighted by Crippen LogP contribution is -1.99. The molecular formula is C28H21Cl5O6S. The number of benzene rings is 4. The van der Waals surface area contributed by atoms with Crippen LogP contribution in [-0.2, 0) is 22.4 Å². The Kier molecular flexibility index (Phi) is 14.9. The van der Waals surface area contributed by atoms with Crippen LogP contribution in [-0.4, -0.2) is 20.5 Å². The molecule has 0 heterocycles. The van der Waals surface area contributed by atoms with Gasteiger partial charge in [-0.05, 0) is 59.1 Å². The second-order valence-electron chi connectivity index (χ2n) is 7.60. The first-order valence-corrected chi connectivity index (χ1v) is 15.1. The third-order valence-corrected chi connectivity index (χ3v) is 5.65. The Morgan fingerprint density at radius 1 is 0.675 bits per heavy atom. The Morgan fingerprint density at radius 2 is 1.05 bits per heavy atom. The van der Waals surface area contributed by atoms with E-state index in [1.54, 1.807) is 24.3 Å². The highest BCUT2D eigenvalue weighted by Gasteiger charge is 2.10. The van der Waals surface area contributed by atoms with Gasteiger partial charge >= 0.3 is 5.97 Å². The summed E-state index contributed by atoms with van der Waals surface area (Å²) >= 11 is 17.1. The number of hydrogen-bond acceptors (Lipinski definition) is 5. The normalized spacial score (nSPS) is 9.95. The fourth-order valence-corrected chi connectivity index (χ4v) is 3.71. The van der Waals surface area contributed by atoms with E-state index in [0.717, 1.165) is 11.1 Å². The minimum Gasteiger partial charge on any atom is -0.489 e. The standard InChI is InChI=1S/C14H10Cl2O2.C14H11ClO3.Cl2OS/c2*15-13-8-11(6-7-12(13)14(16)17)18-9-10-4-2-1-3-5-10;1-4(2)3/h1-8H,9H2;1-8H,9H2,(H,16,17);. The highest BCUT2D eigenvalue weighted by molar-refractivity contribution is 8.26. The van der Waals surface area contributed by atoms with Gasteiger partial charge in [-0.15, -0.1) is 0 Å². The summed E-state index contributed by atoms with van der Waals surface area (Å²) in [7, 11) is 7.36. The molecule has 6 nitrogen and oxygen atoms in total. The van der Waals surface area contributed by atoms with Crippen molar-refractivity contribution in [2.45, 2.75) is 13.2 Å². The van der Waals surface area contributed by atoms with Crippen LogP contribution in [0.15, 0.2) is 97.1 Å². The number of carboxylic acids is 1. The quantitative estimate of drug-likeness (QED) is 0.190. The Bertz CT molecular complexity index is 1310. The van der Waals surface area contributed by atoms with Gasteiger partial charge in [0.2, 0.25) is 9.23 Å². The van der Waals surface area contributed by atoms with Gasteiger partial charge < -0.3 is 14.6 Å². The first-order chi connectivity index (χ1) is 19.1. The van der Waals surface area contributed by atoms with Gasteiger partial charge in [-0.3, -0.25) is 4.79 Å². The van der Waals surface area contributed by atoms with Crippen LogP contribution in [0.25, 0.3) is 0 Å². The van der Waals surface area contributed by atoms with Crippen LogP contribution in [0.1, 0.15) is 31.8 Å². The molecular weight excluding hydrogens is 642 g/mol. The summed E-state index contributed by atoms with van der Waals surface area (Å²) in [6.07, 6.45) is 0. The maximum absolute atomic E-state index is 11.0. The second-order valence-corrected chi connectivity index (χ2v) is 11.3. The maximum Gasteiger partial charge on any atom is 0.337 e. The van der Waals surface area contributed by atoms with Crippen molar-refractivity contribution >= 4 is 76.6 Å². The van der Waals surface area contributed by atoms with Crippen LogP contribution >= 0.6 is 56.2 Å². The first kappa shape index (κ1) is 33.4. The van der Waals surface area contributed by atoms with Gasteiger partial charge in [-0.1, -0.05) is 83.9 Å². The summed E-state index contributed by atoms with van der Waals surface area (Å²) in [4.78, 5) is 21.8. The predicted octanol–water partition coefficient (Wildman–Crippen LogP) is 8.96. The molecule has 0 amide bonds. The van der Waals surface area contributed by atoms with E-state index in [-0.39, 0.29) is 16.1 Å². The molecule has 0 aromatic heterocycles. The summed E-state index contributed by atoms with van der Waals surface area (Å²) in [6.45, 7) is 0.870. The molecule has 0 atom stereocenters. The highest BCUT2D eigenvalue weighted by atomic mass is 36.0. The van der Waals surface area contributed by atoms with E-state index >= 15 is 0 Å². The van der Waals surface area contributed by atoms with Gasteiger partial charge in [0.1, 0.15) is 24.7 Å². The number of hydrogen-bond donors (Lipinski definition) is 1. The predicted molar refractivity (Wildman–Crippen MR) is 161 cm³/mol. The Morgan fingerprint density at radius 3 is 1.38 bits per heavy atom. The van der Waals surface area contributed by atoms with Crippen molar-refractivity contribution in [2.75, 3.05) is 0 Å². The van der Waals surface area contributed by atoms with E-state index in [4.69, 9.17) is 53.6 Å². The molecule has 0 saturated carbocycles. The number of ether oxygens (including phenoxy) is 2. The molecule has 0 bridgehead atoms. The second kappa shape index (κ2) is 17.8. The molecule has 1 N–H and O–H groups in total. The van der Waals surface area contributed by atoms with E-state index in [0.29, 0.717) is 29.7 Å². The summed E-state index contributed by atoms with van der Waals surface area (Å²) in [6, 6.07) is 28.8. The topological polar surface area (TPSA) is 89.9 Å². The average molecular weight is 663 g/mol. The van der Waals surface area contributed by atoms with Crippen molar-refractivity contribution in [1.82, 2.24) is 0 Å². The van der Waals surface area contributed by atoms with Gasteiger partial charge in [-0.25, -0.2) is 9.00 Å². The van der Waals surface area contributed by atoms with Crippen LogP contribution in [0, 0.1) is 0 Å². The largest absolute Gasteiger partial charge is 0.489 e. The monoisotopic (exact) mass is 660 g/mol. The van der Waals surface area contributed by atoms with Gasteiger partial charge in [0.15, 0.2) is 0 Å². The fraction of sp³-hybridized carbons (Fsp3) is 0.0714. The van der Waals surface area contributed by atoms with Crippen LogP contribution < -0.4 is 9.47 Å². The zero-order valence-electron chi connectivity index (χ0n) is 20.4. The number of carbonyl (C=O) groups is 2. The number of aromatic carboxylic acids is 1. The van der Waals surface area contributed by atoms with E-state index in [1.165, 1.54) is 12.1 Å². The minimum atomic E-state index is -1.67. The van der Waals surface area contributed by atoms with Crippen molar-refractivity contribution in [2.24, 2.45) is 0 Å². The lowest BCUT2D eigenvalue weighted by molar-refractivity contribution is 0.0697. The minimum absolute atomic E-state index is 0.0729. The maximum atomic E-state index is 11.0. The van der Waals surface area contributed by atoms with Crippen molar-refractivity contribution in [1.29, 1.82) is 0 Å². The zero-order chi connectivity index (χ0) is 29.5. The van der Waals surface area contributed by atoms with Crippen LogP contribution in [0.2, 0.25) is 10.0 Å². The molecule has 0 saturated heterocycles. The summed E-state index contributed by atoms with van der Waals surface area (Å²) in [5, 5.41) is 8.73. The molecule has 4 aromatic carbocycles. The zero-order valence-corrected chi connectivity index (χ0v) is 25.0. The van der Waals surface area contributed by atoms with Crippen molar-refractivity contribution < 1.29 is 28.4 Å². The van der Waals surface area contributed by atoms with Crippen molar-refractivity contribution in [3.8, 4) is 11.5 Å². The van der Waals surface area contributed by atoms with E-state index in [1.807, 2.05) is 60.7 Å². The van der Waals surface area contributed by atoms with Crippen LogP contribution in [0.5, 0.6) is 11.5 Å². The molecule has 210 valence electrons. The molecule has 0 aliphatic carbocycles. The van der Waals surface area contributed by atoms with E-state index in [9.17, 15) is 9.59 Å². The molecule has 0 fully saturated rings. The number of halogens is 5. The van der Waals surface area contributed by atoms with Crippen LogP contribution in [0.4, 0.5) is 0 Å². The molecule has 0 aliphatic heterocycles. The van der Waals surface area contributed by atoms with Crippen molar-refractivity contribution in [3.05, 3.63) is 129 Å². The summed E-state index contributed by atoms with van der Waals surface area (Å²) in [5.74, 6) is 0.106. The molecule has 0 unspecified atom stereocenters. The number of carbonyl (C=O) groups excluding carboxylic acids is 1. The molecule has 0 radical (unpaired) electrons. The lowest BCUT2D eigenvalue weighted by Gasteiger charge is -2.07. The Hall–Kier alpha value is -2.78. The van der Waals surface area contributed by atoms with E-state index < -0.39 is 20.4 Å². The third-order valence-electron chi connectivity index (χ3n) is 4.82. The fourth-order valence-electron chi connectivity index (χ4n) is 2.99. The molecule has 4 aromatic rings. The Labute approximate surface area is 257 Å². The van der Waals surface area contributed by atoms with Gasteiger partial charge in [0.25, 0.3) is 5.24 Å². The molecule has 40 heavy (non-hydrogen) atoms. The molecule has 12 heteroatoms. The highest BCUT2D eigenvalue weighted by Crippen LogP contribution is 2.25. The Balaban J connectivity index is 0.000000247. The first-order valence-electron chi connectivity index (χ1n) is 11.2. The van der Waals surface area contributed by atoms with E-state index in [2.05, 4.69) is 21.4 Å². The summed E-state index contributed by atoms with van der Waals surface area (Å²) < 4.78 is 20.2.